The van der Waals surface area contributed by atoms with Crippen LogP contribution in [0.15, 0.2) is 23.1 Å². The van der Waals surface area contributed by atoms with Crippen LogP contribution in [0.4, 0.5) is 0 Å². The standard InChI is InChI=1S/C14H16N2O4S/c1-9-6-12(5-4-11(9)8-15)21(19,20)16-13(7-14(17)18)10-2-3-10/h4-6,10,13,16H,2-3,7H2,1H3,(H,17,18). The summed E-state index contributed by atoms with van der Waals surface area (Å²) in [5.41, 5.74) is 0.986. The van der Waals surface area contributed by atoms with E-state index in [9.17, 15) is 13.2 Å². The van der Waals surface area contributed by atoms with Crippen molar-refractivity contribution >= 4 is 16.0 Å². The zero-order valence-electron chi connectivity index (χ0n) is 11.5. The molecule has 1 fully saturated rings. The quantitative estimate of drug-likeness (QED) is 0.826. The Labute approximate surface area is 123 Å². The molecule has 0 aromatic heterocycles. The van der Waals surface area contributed by atoms with E-state index < -0.39 is 22.0 Å². The van der Waals surface area contributed by atoms with Gasteiger partial charge in [-0.05, 0) is 49.4 Å². The predicted octanol–water partition coefficient (Wildman–Crippen LogP) is 1.40. The fourth-order valence-electron chi connectivity index (χ4n) is 2.19. The van der Waals surface area contributed by atoms with Crippen molar-refractivity contribution in [1.29, 1.82) is 5.26 Å². The number of aryl methyl sites for hydroxylation is 1. The van der Waals surface area contributed by atoms with Gasteiger partial charge in [-0.1, -0.05) is 0 Å². The third kappa shape index (κ3) is 3.80. The van der Waals surface area contributed by atoms with E-state index in [1.807, 2.05) is 6.07 Å². The molecule has 1 atom stereocenters. The first-order valence-electron chi connectivity index (χ1n) is 6.58. The van der Waals surface area contributed by atoms with Crippen LogP contribution in [0.25, 0.3) is 0 Å². The molecule has 7 heteroatoms. The summed E-state index contributed by atoms with van der Waals surface area (Å²) >= 11 is 0. The highest BCUT2D eigenvalue weighted by Gasteiger charge is 2.35. The second kappa shape index (κ2) is 5.84. The number of carboxylic acid groups (broad SMARTS) is 1. The predicted molar refractivity (Wildman–Crippen MR) is 75.0 cm³/mol. The van der Waals surface area contributed by atoms with E-state index in [0.29, 0.717) is 11.1 Å². The summed E-state index contributed by atoms with van der Waals surface area (Å²) in [7, 11) is -3.78. The molecule has 6 nitrogen and oxygen atoms in total. The number of carboxylic acids is 1. The van der Waals surface area contributed by atoms with Crippen molar-refractivity contribution in [2.45, 2.75) is 37.1 Å². The van der Waals surface area contributed by atoms with E-state index in [4.69, 9.17) is 10.4 Å². The van der Waals surface area contributed by atoms with Gasteiger partial charge < -0.3 is 5.11 Å². The molecule has 1 unspecified atom stereocenters. The van der Waals surface area contributed by atoms with E-state index in [1.165, 1.54) is 18.2 Å². The Hall–Kier alpha value is -1.91. The fourth-order valence-corrected chi connectivity index (χ4v) is 3.58. The molecule has 1 aliphatic rings. The molecule has 2 rings (SSSR count). The van der Waals surface area contributed by atoms with Crippen LogP contribution in [0.3, 0.4) is 0 Å². The lowest BCUT2D eigenvalue weighted by atomic mass is 10.1. The minimum absolute atomic E-state index is 0.0510. The molecule has 1 saturated carbocycles. The molecule has 0 heterocycles. The van der Waals surface area contributed by atoms with Crippen molar-refractivity contribution in [3.8, 4) is 6.07 Å². The lowest BCUT2D eigenvalue weighted by Crippen LogP contribution is -2.38. The Morgan fingerprint density at radius 1 is 1.52 bits per heavy atom. The zero-order valence-corrected chi connectivity index (χ0v) is 12.4. The second-order valence-electron chi connectivity index (χ2n) is 5.25. The lowest BCUT2D eigenvalue weighted by Gasteiger charge is -2.16. The molecule has 0 aliphatic heterocycles. The van der Waals surface area contributed by atoms with Gasteiger partial charge in [-0.3, -0.25) is 4.79 Å². The number of rotatable bonds is 6. The van der Waals surface area contributed by atoms with Gasteiger partial charge in [0.25, 0.3) is 0 Å². The van der Waals surface area contributed by atoms with Gasteiger partial charge in [-0.2, -0.15) is 5.26 Å². The van der Waals surface area contributed by atoms with Gasteiger partial charge in [0.1, 0.15) is 0 Å². The molecule has 2 N–H and O–H groups in total. The third-order valence-electron chi connectivity index (χ3n) is 3.52. The van der Waals surface area contributed by atoms with Gasteiger partial charge >= 0.3 is 5.97 Å². The maximum absolute atomic E-state index is 12.3. The van der Waals surface area contributed by atoms with E-state index in [0.717, 1.165) is 12.8 Å². The first-order chi connectivity index (χ1) is 9.83. The summed E-state index contributed by atoms with van der Waals surface area (Å²) < 4.78 is 27.1. The monoisotopic (exact) mass is 308 g/mol. The molecule has 1 aliphatic carbocycles. The zero-order chi connectivity index (χ0) is 15.6. The summed E-state index contributed by atoms with van der Waals surface area (Å²) in [5.74, 6) is -0.930. The van der Waals surface area contributed by atoms with Gasteiger partial charge in [-0.15, -0.1) is 0 Å². The molecule has 0 bridgehead atoms. The van der Waals surface area contributed by atoms with Crippen molar-refractivity contribution in [3.05, 3.63) is 29.3 Å². The summed E-state index contributed by atoms with van der Waals surface area (Å²) in [5, 5.41) is 17.7. The Morgan fingerprint density at radius 2 is 2.19 bits per heavy atom. The van der Waals surface area contributed by atoms with E-state index in [2.05, 4.69) is 4.72 Å². The highest BCUT2D eigenvalue weighted by Crippen LogP contribution is 2.34. The number of aliphatic carboxylic acids is 1. The van der Waals surface area contributed by atoms with Gasteiger partial charge in [0.05, 0.1) is 22.9 Å². The van der Waals surface area contributed by atoms with Crippen molar-refractivity contribution in [3.63, 3.8) is 0 Å². The third-order valence-corrected chi connectivity index (χ3v) is 5.01. The SMILES string of the molecule is Cc1cc(S(=O)(=O)NC(CC(=O)O)C2CC2)ccc1C#N. The number of hydrogen-bond acceptors (Lipinski definition) is 4. The molecule has 112 valence electrons. The average molecular weight is 308 g/mol. The lowest BCUT2D eigenvalue weighted by molar-refractivity contribution is -0.137. The van der Waals surface area contributed by atoms with Crippen LogP contribution in [0.2, 0.25) is 0 Å². The number of nitrogens with one attached hydrogen (secondary N) is 1. The van der Waals surface area contributed by atoms with Crippen LogP contribution >= 0.6 is 0 Å². The summed E-state index contributed by atoms with van der Waals surface area (Å²) in [6, 6.07) is 5.63. The van der Waals surface area contributed by atoms with Crippen LogP contribution < -0.4 is 4.72 Å². The van der Waals surface area contributed by atoms with Crippen molar-refractivity contribution < 1.29 is 18.3 Å². The van der Waals surface area contributed by atoms with E-state index >= 15 is 0 Å². The highest BCUT2D eigenvalue weighted by molar-refractivity contribution is 7.89. The normalized spacial score (nSPS) is 16.2. The van der Waals surface area contributed by atoms with Crippen LogP contribution in [-0.2, 0) is 14.8 Å². The van der Waals surface area contributed by atoms with Crippen molar-refractivity contribution in [2.75, 3.05) is 0 Å². The first-order valence-corrected chi connectivity index (χ1v) is 8.06. The number of hydrogen-bond donors (Lipinski definition) is 2. The number of benzene rings is 1. The maximum atomic E-state index is 12.3. The Kier molecular flexibility index (Phi) is 4.30. The Morgan fingerprint density at radius 3 is 2.67 bits per heavy atom. The molecule has 0 spiro atoms. The average Bonchev–Trinajstić information content (AvgIpc) is 3.21. The van der Waals surface area contributed by atoms with E-state index in [1.54, 1.807) is 6.92 Å². The van der Waals surface area contributed by atoms with Crippen molar-refractivity contribution in [1.82, 2.24) is 4.72 Å². The molecule has 0 saturated heterocycles. The number of nitriles is 1. The van der Waals surface area contributed by atoms with Crippen molar-refractivity contribution in [2.24, 2.45) is 5.92 Å². The fraction of sp³-hybridized carbons (Fsp3) is 0.429. The summed E-state index contributed by atoms with van der Waals surface area (Å²) in [6.07, 6.45) is 1.46. The van der Waals surface area contributed by atoms with Gasteiger partial charge in [0.2, 0.25) is 10.0 Å². The molecule has 0 amide bonds. The van der Waals surface area contributed by atoms with Gasteiger partial charge in [0.15, 0.2) is 0 Å². The smallest absolute Gasteiger partial charge is 0.304 e. The van der Waals surface area contributed by atoms with Gasteiger partial charge in [0, 0.05) is 6.04 Å². The molecule has 1 aromatic carbocycles. The minimum Gasteiger partial charge on any atom is -0.481 e. The minimum atomic E-state index is -3.78. The van der Waals surface area contributed by atoms with Crippen LogP contribution in [0.5, 0.6) is 0 Å². The maximum Gasteiger partial charge on any atom is 0.304 e. The molecular formula is C14H16N2O4S. The number of carbonyl (C=O) groups is 1. The van der Waals surface area contributed by atoms with Crippen LogP contribution in [0, 0.1) is 24.2 Å². The van der Waals surface area contributed by atoms with Gasteiger partial charge in [-0.25, -0.2) is 13.1 Å². The molecule has 1 aromatic rings. The Bertz CT molecular complexity index is 702. The van der Waals surface area contributed by atoms with Crippen LogP contribution in [0.1, 0.15) is 30.4 Å². The number of sulfonamides is 1. The van der Waals surface area contributed by atoms with E-state index in [-0.39, 0.29) is 17.2 Å². The summed E-state index contributed by atoms with van der Waals surface area (Å²) in [4.78, 5) is 10.9. The number of nitrogens with zero attached hydrogens (tertiary/aromatic N) is 1. The second-order valence-corrected chi connectivity index (χ2v) is 6.97. The topological polar surface area (TPSA) is 107 Å². The first kappa shape index (κ1) is 15.5. The molecule has 0 radical (unpaired) electrons. The largest absolute Gasteiger partial charge is 0.481 e. The summed E-state index contributed by atoms with van der Waals surface area (Å²) in [6.45, 7) is 1.66. The highest BCUT2D eigenvalue weighted by atomic mass is 32.2. The molecule has 21 heavy (non-hydrogen) atoms. The van der Waals surface area contributed by atoms with Crippen LogP contribution in [-0.4, -0.2) is 25.5 Å². The Balaban J connectivity index is 2.23. The molecular weight excluding hydrogens is 292 g/mol.